The summed E-state index contributed by atoms with van der Waals surface area (Å²) in [6, 6.07) is 74.0. The van der Waals surface area contributed by atoms with E-state index in [0.717, 1.165) is 0 Å². The molecule has 0 aliphatic carbocycles. The number of hydrogen-bond acceptors (Lipinski definition) is 1. The van der Waals surface area contributed by atoms with Crippen LogP contribution in [0, 0.1) is 0 Å². The van der Waals surface area contributed by atoms with Crippen molar-refractivity contribution in [1.82, 2.24) is 0 Å². The zero-order valence-electron chi connectivity index (χ0n) is 26.0. The molecule has 0 aromatic heterocycles. The highest BCUT2D eigenvalue weighted by Gasteiger charge is 2.31. The van der Waals surface area contributed by atoms with Gasteiger partial charge in [0.1, 0.15) is 6.15 Å². The molecule has 0 amide bonds. The van der Waals surface area contributed by atoms with Gasteiger partial charge in [-0.3, -0.25) is 0 Å². The fraction of sp³-hybridized carbons (Fsp3) is 0.0233. The first kappa shape index (κ1) is 31.3. The highest BCUT2D eigenvalue weighted by molar-refractivity contribution is 7.98. The Morgan fingerprint density at radius 1 is 0.326 bits per heavy atom. The normalized spacial score (nSPS) is 11.0. The highest BCUT2D eigenvalue weighted by Crippen LogP contribution is 2.31. The maximum absolute atomic E-state index is 2.26. The van der Waals surface area contributed by atoms with Gasteiger partial charge in [-0.15, -0.1) is 11.8 Å². The monoisotopic (exact) mass is 628 g/mol. The SMILES string of the molecule is CSc1ccc([S+](c2ccccc2)c2ccccc2)cc1.c1ccc([B-](c2ccccc2)(c2ccccc2)c2ccccc2)cc1. The van der Waals surface area contributed by atoms with Gasteiger partial charge in [-0.05, 0) is 54.8 Å². The molecular weight excluding hydrogens is 591 g/mol. The molecule has 46 heavy (non-hydrogen) atoms. The summed E-state index contributed by atoms with van der Waals surface area (Å²) in [6.07, 6.45) is 0.899. The van der Waals surface area contributed by atoms with E-state index in [4.69, 9.17) is 0 Å². The third kappa shape index (κ3) is 6.92. The lowest BCUT2D eigenvalue weighted by Gasteiger charge is -2.44. The maximum atomic E-state index is 2.26. The molecule has 0 unspecified atom stereocenters. The Balaban J connectivity index is 0.000000164. The summed E-state index contributed by atoms with van der Waals surface area (Å²) < 4.78 is 0. The average molecular weight is 629 g/mol. The molecule has 0 N–H and O–H groups in total. The van der Waals surface area contributed by atoms with Crippen LogP contribution in [0.2, 0.25) is 0 Å². The molecule has 0 spiro atoms. The van der Waals surface area contributed by atoms with Gasteiger partial charge in [0, 0.05) is 4.90 Å². The second-order valence-electron chi connectivity index (χ2n) is 11.1. The molecular formula is C43H37BS2. The minimum absolute atomic E-state index is 0.0341. The second kappa shape index (κ2) is 15.5. The third-order valence-corrected chi connectivity index (χ3v) is 11.4. The van der Waals surface area contributed by atoms with E-state index in [1.807, 2.05) is 0 Å². The van der Waals surface area contributed by atoms with Gasteiger partial charge >= 0.3 is 0 Å². The van der Waals surface area contributed by atoms with Gasteiger partial charge in [0.15, 0.2) is 14.7 Å². The fourth-order valence-corrected chi connectivity index (χ4v) is 8.85. The Hall–Kier alpha value is -4.70. The zero-order chi connectivity index (χ0) is 31.4. The first-order valence-corrected chi connectivity index (χ1v) is 18.1. The number of hydrogen-bond donors (Lipinski definition) is 0. The van der Waals surface area contributed by atoms with Crippen LogP contribution in [0.3, 0.4) is 0 Å². The maximum Gasteiger partial charge on any atom is 0.166 e. The molecule has 0 atom stereocenters. The van der Waals surface area contributed by atoms with Gasteiger partial charge in [-0.1, -0.05) is 158 Å². The average Bonchev–Trinajstić information content (AvgIpc) is 3.15. The Labute approximate surface area is 281 Å². The van der Waals surface area contributed by atoms with Crippen LogP contribution >= 0.6 is 11.8 Å². The summed E-state index contributed by atoms with van der Waals surface area (Å²) >= 11 is 1.78. The minimum atomic E-state index is -1.22. The van der Waals surface area contributed by atoms with Gasteiger partial charge in [0.2, 0.25) is 0 Å². The number of thioether (sulfide) groups is 1. The first-order chi connectivity index (χ1) is 22.8. The van der Waals surface area contributed by atoms with E-state index in [0.29, 0.717) is 0 Å². The summed E-state index contributed by atoms with van der Waals surface area (Å²) in [4.78, 5) is 5.40. The quantitative estimate of drug-likeness (QED) is 0.0923. The van der Waals surface area contributed by atoms with Crippen molar-refractivity contribution < 1.29 is 0 Å². The molecule has 3 heteroatoms. The number of benzene rings is 7. The first-order valence-electron chi connectivity index (χ1n) is 15.7. The summed E-state index contributed by atoms with van der Waals surface area (Å²) in [6.45, 7) is 0. The number of rotatable bonds is 8. The molecule has 0 aliphatic rings. The molecule has 224 valence electrons. The van der Waals surface area contributed by atoms with Crippen molar-refractivity contribution in [3.63, 3.8) is 0 Å². The molecule has 0 fully saturated rings. The molecule has 0 heterocycles. The lowest BCUT2D eigenvalue weighted by Crippen LogP contribution is -2.74. The predicted octanol–water partition coefficient (Wildman–Crippen LogP) is 8.57. The van der Waals surface area contributed by atoms with Crippen molar-refractivity contribution in [2.75, 3.05) is 6.26 Å². The standard InChI is InChI=1S/C24H20B.C19H17S2/c1-5-13-21(14-6-1)25(22-15-7-2-8-16-22,23-17-9-3-10-18-23)24-19-11-4-12-20-24;1-20-16-12-14-19(15-13-16)21(17-8-4-2-5-9-17)18-10-6-3-7-11-18/h1-20H;2-15H,1H3/q-1;+1. The van der Waals surface area contributed by atoms with Crippen LogP contribution in [-0.2, 0) is 10.9 Å². The van der Waals surface area contributed by atoms with Crippen molar-refractivity contribution in [2.45, 2.75) is 19.6 Å². The van der Waals surface area contributed by atoms with Crippen molar-refractivity contribution in [3.8, 4) is 0 Å². The van der Waals surface area contributed by atoms with E-state index in [1.54, 1.807) is 11.8 Å². The van der Waals surface area contributed by atoms with Gasteiger partial charge in [0.25, 0.3) is 0 Å². The van der Waals surface area contributed by atoms with Crippen molar-refractivity contribution >= 4 is 50.7 Å². The summed E-state index contributed by atoms with van der Waals surface area (Å²) in [5, 5.41) is 0. The van der Waals surface area contributed by atoms with E-state index < -0.39 is 6.15 Å². The van der Waals surface area contributed by atoms with E-state index in [9.17, 15) is 0 Å². The highest BCUT2D eigenvalue weighted by atomic mass is 32.2. The Morgan fingerprint density at radius 3 is 0.870 bits per heavy atom. The van der Waals surface area contributed by atoms with E-state index in [1.165, 1.54) is 41.4 Å². The Morgan fingerprint density at radius 2 is 0.587 bits per heavy atom. The van der Waals surface area contributed by atoms with Crippen molar-refractivity contribution in [2.24, 2.45) is 0 Å². The minimum Gasteiger partial charge on any atom is -0.195 e. The van der Waals surface area contributed by atoms with Gasteiger partial charge in [0.05, 0.1) is 10.9 Å². The van der Waals surface area contributed by atoms with Crippen molar-refractivity contribution in [1.29, 1.82) is 0 Å². The molecule has 0 saturated carbocycles. The largest absolute Gasteiger partial charge is 0.195 e. The van der Waals surface area contributed by atoms with Crippen LogP contribution in [0.1, 0.15) is 0 Å². The molecule has 7 aromatic carbocycles. The van der Waals surface area contributed by atoms with Crippen molar-refractivity contribution in [3.05, 3.63) is 206 Å². The van der Waals surface area contributed by atoms with Crippen LogP contribution in [-0.4, -0.2) is 12.4 Å². The fourth-order valence-electron chi connectivity index (χ4n) is 6.35. The van der Waals surface area contributed by atoms with Crippen LogP contribution in [0.5, 0.6) is 0 Å². The smallest absolute Gasteiger partial charge is 0.166 e. The zero-order valence-corrected chi connectivity index (χ0v) is 27.7. The molecule has 0 saturated heterocycles. The molecule has 0 bridgehead atoms. The van der Waals surface area contributed by atoms with Gasteiger partial charge in [-0.25, -0.2) is 0 Å². The van der Waals surface area contributed by atoms with Gasteiger partial charge in [-0.2, -0.15) is 21.9 Å². The Bertz CT molecular complexity index is 1680. The third-order valence-electron chi connectivity index (χ3n) is 8.45. The summed E-state index contributed by atoms with van der Waals surface area (Å²) in [5.74, 6) is 0. The van der Waals surface area contributed by atoms with E-state index in [-0.39, 0.29) is 10.9 Å². The second-order valence-corrected chi connectivity index (χ2v) is 14.0. The summed E-state index contributed by atoms with van der Waals surface area (Å²) in [5.41, 5.74) is 5.36. The van der Waals surface area contributed by atoms with E-state index >= 15 is 0 Å². The lowest BCUT2D eigenvalue weighted by molar-refractivity contribution is 1.29. The molecule has 0 nitrogen and oxygen atoms in total. The van der Waals surface area contributed by atoms with Crippen LogP contribution in [0.15, 0.2) is 226 Å². The van der Waals surface area contributed by atoms with Gasteiger partial charge < -0.3 is 0 Å². The molecule has 0 aliphatic heterocycles. The summed E-state index contributed by atoms with van der Waals surface area (Å²) in [7, 11) is -0.0341. The molecule has 7 aromatic rings. The van der Waals surface area contributed by atoms with Crippen LogP contribution < -0.4 is 21.9 Å². The Kier molecular flexibility index (Phi) is 10.6. The molecule has 0 radical (unpaired) electrons. The molecule has 7 rings (SSSR count). The van der Waals surface area contributed by atoms with Crippen LogP contribution in [0.25, 0.3) is 0 Å². The lowest BCUT2D eigenvalue weighted by atomic mass is 9.13. The van der Waals surface area contributed by atoms with Crippen LogP contribution in [0.4, 0.5) is 0 Å². The van der Waals surface area contributed by atoms with E-state index in [2.05, 4.69) is 213 Å². The topological polar surface area (TPSA) is 0 Å². The predicted molar refractivity (Wildman–Crippen MR) is 203 cm³/mol.